The van der Waals surface area contributed by atoms with E-state index in [4.69, 9.17) is 0 Å². The first-order valence-electron chi connectivity index (χ1n) is 9.76. The van der Waals surface area contributed by atoms with Crippen LogP contribution in [0.4, 0.5) is 5.13 Å². The van der Waals surface area contributed by atoms with Crippen molar-refractivity contribution in [2.45, 2.75) is 17.3 Å². The van der Waals surface area contributed by atoms with Gasteiger partial charge in [0.25, 0.3) is 15.9 Å². The molecule has 162 valence electrons. The van der Waals surface area contributed by atoms with Crippen molar-refractivity contribution in [3.05, 3.63) is 107 Å². The normalized spacial score (nSPS) is 12.3. The van der Waals surface area contributed by atoms with Crippen LogP contribution in [0.25, 0.3) is 0 Å². The lowest BCUT2D eigenvalue weighted by Crippen LogP contribution is -2.29. The van der Waals surface area contributed by atoms with Crippen molar-refractivity contribution in [2.24, 2.45) is 0 Å². The summed E-state index contributed by atoms with van der Waals surface area (Å²) in [5.41, 5.74) is 3.11. The number of hydrogen-bond acceptors (Lipinski definition) is 6. The molecular weight excluding hydrogens is 444 g/mol. The van der Waals surface area contributed by atoms with E-state index in [-0.39, 0.29) is 15.4 Å². The highest BCUT2D eigenvalue weighted by Crippen LogP contribution is 2.27. The number of aromatic nitrogens is 2. The Morgan fingerprint density at radius 3 is 2.09 bits per heavy atom. The minimum absolute atomic E-state index is 0.103. The number of rotatable bonds is 7. The van der Waals surface area contributed by atoms with Gasteiger partial charge in [-0.3, -0.25) is 10.1 Å². The highest BCUT2D eigenvalue weighted by molar-refractivity contribution is 7.91. The van der Waals surface area contributed by atoms with Gasteiger partial charge < -0.3 is 0 Å². The predicted molar refractivity (Wildman–Crippen MR) is 124 cm³/mol. The van der Waals surface area contributed by atoms with E-state index in [1.807, 2.05) is 61.5 Å². The van der Waals surface area contributed by atoms with Crippen LogP contribution in [0.2, 0.25) is 0 Å². The third-order valence-electron chi connectivity index (χ3n) is 4.71. The van der Waals surface area contributed by atoms with Crippen molar-refractivity contribution >= 4 is 32.4 Å². The lowest BCUT2D eigenvalue weighted by atomic mass is 9.99. The largest absolute Gasteiger partial charge is 0.296 e. The predicted octanol–water partition coefficient (Wildman–Crippen LogP) is 4.17. The van der Waals surface area contributed by atoms with Gasteiger partial charge in [0.05, 0.1) is 6.04 Å². The zero-order chi connectivity index (χ0) is 22.6. The number of anilines is 1. The van der Waals surface area contributed by atoms with E-state index in [1.54, 1.807) is 30.3 Å². The molecule has 2 N–H and O–H groups in total. The van der Waals surface area contributed by atoms with Gasteiger partial charge in [0.1, 0.15) is 0 Å². The average molecular weight is 465 g/mol. The molecular formula is C23H20N4O3S2. The van der Waals surface area contributed by atoms with Crippen LogP contribution in [0.15, 0.2) is 89.3 Å². The number of nitrogens with zero attached hydrogens (tertiary/aromatic N) is 2. The zero-order valence-corrected chi connectivity index (χ0v) is 18.7. The lowest BCUT2D eigenvalue weighted by Gasteiger charge is -2.19. The monoisotopic (exact) mass is 464 g/mol. The fourth-order valence-corrected chi connectivity index (χ4v) is 5.19. The van der Waals surface area contributed by atoms with E-state index in [0.29, 0.717) is 5.56 Å². The Hall–Kier alpha value is -3.40. The van der Waals surface area contributed by atoms with E-state index in [9.17, 15) is 13.2 Å². The Morgan fingerprint density at radius 2 is 1.44 bits per heavy atom. The van der Waals surface area contributed by atoms with Crippen molar-refractivity contribution in [1.29, 1.82) is 0 Å². The summed E-state index contributed by atoms with van der Waals surface area (Å²) in [5.74, 6) is -0.388. The number of hydrogen-bond donors (Lipinski definition) is 2. The van der Waals surface area contributed by atoms with Crippen molar-refractivity contribution in [2.75, 3.05) is 5.32 Å². The molecule has 0 unspecified atom stereocenters. The van der Waals surface area contributed by atoms with Crippen molar-refractivity contribution < 1.29 is 13.2 Å². The smallest absolute Gasteiger partial charge is 0.270 e. The molecule has 1 atom stereocenters. The van der Waals surface area contributed by atoms with Gasteiger partial charge in [0, 0.05) is 5.56 Å². The van der Waals surface area contributed by atoms with Gasteiger partial charge in [-0.05, 0) is 30.2 Å². The number of amides is 1. The molecule has 1 heterocycles. The standard InChI is InChI=1S/C23H20N4O3S2/c1-16-12-14-18(15-13-16)20(17-8-4-2-5-9-17)27-32(29,30)23-26-25-22(31-23)24-21(28)19-10-6-3-7-11-19/h2-15,20,27H,1H3,(H,24,25,28)/t20-/m0/s1. The molecule has 4 rings (SSSR count). The summed E-state index contributed by atoms with van der Waals surface area (Å²) in [4.78, 5) is 12.3. The molecule has 0 aliphatic carbocycles. The minimum Gasteiger partial charge on any atom is -0.296 e. The van der Waals surface area contributed by atoms with Gasteiger partial charge in [-0.15, -0.1) is 10.2 Å². The van der Waals surface area contributed by atoms with Crippen LogP contribution in [0.1, 0.15) is 33.1 Å². The van der Waals surface area contributed by atoms with Gasteiger partial charge in [-0.2, -0.15) is 4.72 Å². The molecule has 0 saturated heterocycles. The van der Waals surface area contributed by atoms with E-state index >= 15 is 0 Å². The Bertz CT molecular complexity index is 1310. The molecule has 0 bridgehead atoms. The summed E-state index contributed by atoms with van der Waals surface area (Å²) in [6.07, 6.45) is 0. The number of aryl methyl sites for hydroxylation is 1. The molecule has 32 heavy (non-hydrogen) atoms. The molecule has 7 nitrogen and oxygen atoms in total. The van der Waals surface area contributed by atoms with Crippen LogP contribution in [0.3, 0.4) is 0 Å². The summed E-state index contributed by atoms with van der Waals surface area (Å²) in [7, 11) is -4.00. The number of benzene rings is 3. The molecule has 0 saturated carbocycles. The van der Waals surface area contributed by atoms with Gasteiger partial charge in [0.2, 0.25) is 9.47 Å². The summed E-state index contributed by atoms with van der Waals surface area (Å²) < 4.78 is 28.7. The van der Waals surface area contributed by atoms with Gasteiger partial charge in [-0.1, -0.05) is 89.7 Å². The third-order valence-corrected chi connectivity index (χ3v) is 7.34. The Balaban J connectivity index is 1.58. The molecule has 4 aromatic rings. The van der Waals surface area contributed by atoms with Crippen LogP contribution < -0.4 is 10.0 Å². The van der Waals surface area contributed by atoms with Crippen LogP contribution in [0, 0.1) is 6.92 Å². The highest BCUT2D eigenvalue weighted by atomic mass is 32.2. The van der Waals surface area contributed by atoms with Crippen molar-refractivity contribution in [3.63, 3.8) is 0 Å². The number of carbonyl (C=O) groups is 1. The molecule has 1 amide bonds. The maximum Gasteiger partial charge on any atom is 0.270 e. The number of nitrogens with one attached hydrogen (secondary N) is 2. The second-order valence-corrected chi connectivity index (χ2v) is 9.93. The summed E-state index contributed by atoms with van der Waals surface area (Å²) in [5, 5.41) is 10.3. The van der Waals surface area contributed by atoms with E-state index < -0.39 is 16.1 Å². The molecule has 0 spiro atoms. The summed E-state index contributed by atoms with van der Waals surface area (Å²) in [6, 6.07) is 24.9. The number of carbonyl (C=O) groups excluding carboxylic acids is 1. The zero-order valence-electron chi connectivity index (χ0n) is 17.1. The maximum atomic E-state index is 13.1. The Morgan fingerprint density at radius 1 is 0.844 bits per heavy atom. The van der Waals surface area contributed by atoms with E-state index in [1.165, 1.54) is 0 Å². The minimum atomic E-state index is -4.00. The van der Waals surface area contributed by atoms with Gasteiger partial charge >= 0.3 is 0 Å². The first kappa shape index (κ1) is 21.8. The van der Waals surface area contributed by atoms with E-state index in [2.05, 4.69) is 20.2 Å². The van der Waals surface area contributed by atoms with Crippen molar-refractivity contribution in [1.82, 2.24) is 14.9 Å². The SMILES string of the molecule is Cc1ccc([C@@H](NS(=O)(=O)c2nnc(NC(=O)c3ccccc3)s2)c2ccccc2)cc1. The first-order chi connectivity index (χ1) is 15.4. The lowest BCUT2D eigenvalue weighted by molar-refractivity contribution is 0.102. The van der Waals surface area contributed by atoms with Gasteiger partial charge in [-0.25, -0.2) is 8.42 Å². The Labute approximate surface area is 190 Å². The molecule has 1 aromatic heterocycles. The third kappa shape index (κ3) is 5.08. The molecule has 0 fully saturated rings. The molecule has 9 heteroatoms. The molecule has 0 aliphatic rings. The van der Waals surface area contributed by atoms with E-state index in [0.717, 1.165) is 28.0 Å². The fourth-order valence-electron chi connectivity index (χ4n) is 3.07. The van der Waals surface area contributed by atoms with Gasteiger partial charge in [0.15, 0.2) is 0 Å². The van der Waals surface area contributed by atoms with Crippen LogP contribution in [-0.4, -0.2) is 24.5 Å². The number of sulfonamides is 1. The second kappa shape index (κ2) is 9.39. The molecule has 0 aliphatic heterocycles. The molecule has 3 aromatic carbocycles. The second-order valence-electron chi connectivity index (χ2n) is 7.07. The first-order valence-corrected chi connectivity index (χ1v) is 12.1. The highest BCUT2D eigenvalue weighted by Gasteiger charge is 2.26. The van der Waals surface area contributed by atoms with Crippen LogP contribution in [0.5, 0.6) is 0 Å². The van der Waals surface area contributed by atoms with Crippen LogP contribution in [-0.2, 0) is 10.0 Å². The maximum absolute atomic E-state index is 13.1. The fraction of sp³-hybridized carbons (Fsp3) is 0.0870. The topological polar surface area (TPSA) is 101 Å². The quantitative estimate of drug-likeness (QED) is 0.400. The average Bonchev–Trinajstić information content (AvgIpc) is 3.29. The molecule has 0 radical (unpaired) electrons. The Kier molecular flexibility index (Phi) is 6.40. The summed E-state index contributed by atoms with van der Waals surface area (Å²) >= 11 is 0.793. The van der Waals surface area contributed by atoms with Crippen LogP contribution >= 0.6 is 11.3 Å². The summed E-state index contributed by atoms with van der Waals surface area (Å²) in [6.45, 7) is 1.97. The van der Waals surface area contributed by atoms with Crippen molar-refractivity contribution in [3.8, 4) is 0 Å².